The van der Waals surface area contributed by atoms with Crippen LogP contribution in [0.15, 0.2) is 48.5 Å². The number of hydrogen-bond acceptors (Lipinski definition) is 3. The number of nitrogens with zero attached hydrogens (tertiary/aromatic N) is 1. The molecule has 1 atom stereocenters. The molecule has 1 aliphatic rings. The maximum absolute atomic E-state index is 12.5. The number of aryl methyl sites for hydroxylation is 2. The number of rotatable bonds is 6. The summed E-state index contributed by atoms with van der Waals surface area (Å²) in [7, 11) is 0. The van der Waals surface area contributed by atoms with E-state index in [4.69, 9.17) is 4.74 Å². The van der Waals surface area contributed by atoms with Gasteiger partial charge in [-0.25, -0.2) is 0 Å². The summed E-state index contributed by atoms with van der Waals surface area (Å²) < 4.78 is 5.82. The van der Waals surface area contributed by atoms with Gasteiger partial charge in [0, 0.05) is 25.1 Å². The first kappa shape index (κ1) is 20.1. The average Bonchev–Trinajstić information content (AvgIpc) is 2.71. The summed E-state index contributed by atoms with van der Waals surface area (Å²) in [4.78, 5) is 26.7. The van der Waals surface area contributed by atoms with Crippen LogP contribution in [0.3, 0.4) is 0 Å². The second-order valence-corrected chi connectivity index (χ2v) is 7.35. The zero-order valence-corrected chi connectivity index (χ0v) is 16.6. The van der Waals surface area contributed by atoms with E-state index in [1.807, 2.05) is 67.3 Å². The molecule has 0 spiro atoms. The van der Waals surface area contributed by atoms with Crippen molar-refractivity contribution in [3.8, 4) is 0 Å². The van der Waals surface area contributed by atoms with Gasteiger partial charge in [0.15, 0.2) is 0 Å². The van der Waals surface area contributed by atoms with Crippen LogP contribution in [0, 0.1) is 13.8 Å². The molecule has 28 heavy (non-hydrogen) atoms. The summed E-state index contributed by atoms with van der Waals surface area (Å²) in [6.45, 7) is 6.20. The fourth-order valence-electron chi connectivity index (χ4n) is 3.55. The molecule has 0 aliphatic carbocycles. The molecule has 148 valence electrons. The van der Waals surface area contributed by atoms with E-state index in [0.717, 1.165) is 16.7 Å². The lowest BCUT2D eigenvalue weighted by atomic mass is 10.1. The van der Waals surface area contributed by atoms with Crippen LogP contribution in [0.1, 0.15) is 46.0 Å². The molecule has 0 saturated carbocycles. The van der Waals surface area contributed by atoms with E-state index >= 15 is 0 Å². The van der Waals surface area contributed by atoms with Gasteiger partial charge in [0.1, 0.15) is 6.10 Å². The molecular formula is C23H28N2O3. The molecule has 0 aromatic heterocycles. The second kappa shape index (κ2) is 9.51. The van der Waals surface area contributed by atoms with E-state index in [9.17, 15) is 9.59 Å². The number of carbonyl (C=O) groups excluding carboxylic acids is 2. The SMILES string of the molecule is Cc1cc(C)cc(C(=O)NCCCC(=O)N2CCOC(c3ccccc3)C2)c1. The Morgan fingerprint density at radius 3 is 2.54 bits per heavy atom. The Hall–Kier alpha value is -2.66. The van der Waals surface area contributed by atoms with Gasteiger partial charge in [-0.15, -0.1) is 0 Å². The van der Waals surface area contributed by atoms with Crippen LogP contribution in [0.5, 0.6) is 0 Å². The van der Waals surface area contributed by atoms with Gasteiger partial charge in [0.25, 0.3) is 5.91 Å². The molecule has 1 saturated heterocycles. The van der Waals surface area contributed by atoms with Crippen molar-refractivity contribution in [2.75, 3.05) is 26.2 Å². The number of morpholine rings is 1. The van der Waals surface area contributed by atoms with Crippen molar-refractivity contribution < 1.29 is 14.3 Å². The largest absolute Gasteiger partial charge is 0.370 e. The second-order valence-electron chi connectivity index (χ2n) is 7.35. The van der Waals surface area contributed by atoms with Crippen LogP contribution in [0.4, 0.5) is 0 Å². The molecule has 1 heterocycles. The minimum atomic E-state index is -0.0882. The Balaban J connectivity index is 1.43. The molecule has 5 heteroatoms. The zero-order valence-electron chi connectivity index (χ0n) is 16.6. The molecule has 3 rings (SSSR count). The van der Waals surface area contributed by atoms with E-state index in [-0.39, 0.29) is 17.9 Å². The average molecular weight is 380 g/mol. The molecule has 0 bridgehead atoms. The smallest absolute Gasteiger partial charge is 0.251 e. The van der Waals surface area contributed by atoms with E-state index in [1.54, 1.807) is 0 Å². The third-order valence-corrected chi connectivity index (χ3v) is 4.93. The highest BCUT2D eigenvalue weighted by Crippen LogP contribution is 2.22. The molecular weight excluding hydrogens is 352 g/mol. The van der Waals surface area contributed by atoms with Crippen LogP contribution < -0.4 is 5.32 Å². The highest BCUT2D eigenvalue weighted by atomic mass is 16.5. The highest BCUT2D eigenvalue weighted by molar-refractivity contribution is 5.94. The first-order chi connectivity index (χ1) is 13.5. The van der Waals surface area contributed by atoms with E-state index in [0.29, 0.717) is 44.6 Å². The van der Waals surface area contributed by atoms with Gasteiger partial charge >= 0.3 is 0 Å². The number of ether oxygens (including phenoxy) is 1. The van der Waals surface area contributed by atoms with Gasteiger partial charge in [0.2, 0.25) is 5.91 Å². The third-order valence-electron chi connectivity index (χ3n) is 4.93. The van der Waals surface area contributed by atoms with Crippen LogP contribution in [0.2, 0.25) is 0 Å². The van der Waals surface area contributed by atoms with Crippen molar-refractivity contribution in [1.29, 1.82) is 0 Å². The third kappa shape index (κ3) is 5.42. The number of hydrogen-bond donors (Lipinski definition) is 1. The number of amides is 2. The van der Waals surface area contributed by atoms with E-state index in [2.05, 4.69) is 5.32 Å². The lowest BCUT2D eigenvalue weighted by Crippen LogP contribution is -2.42. The van der Waals surface area contributed by atoms with Gasteiger partial charge in [-0.1, -0.05) is 47.5 Å². The standard InChI is InChI=1S/C23H28N2O3/c1-17-13-18(2)15-20(14-17)23(27)24-10-6-9-22(26)25-11-12-28-21(16-25)19-7-4-3-5-8-19/h3-5,7-8,13-15,21H,6,9-12,16H2,1-2H3,(H,24,27). The highest BCUT2D eigenvalue weighted by Gasteiger charge is 2.24. The summed E-state index contributed by atoms with van der Waals surface area (Å²) in [5.74, 6) is 0.0274. The Morgan fingerprint density at radius 2 is 1.82 bits per heavy atom. The minimum absolute atomic E-state index is 0.0665. The van der Waals surface area contributed by atoms with E-state index < -0.39 is 0 Å². The number of benzene rings is 2. The zero-order chi connectivity index (χ0) is 19.9. The topological polar surface area (TPSA) is 58.6 Å². The minimum Gasteiger partial charge on any atom is -0.370 e. The fraction of sp³-hybridized carbons (Fsp3) is 0.391. The van der Waals surface area contributed by atoms with Crippen LogP contribution in [-0.4, -0.2) is 43.0 Å². The predicted molar refractivity (Wildman–Crippen MR) is 109 cm³/mol. The number of carbonyl (C=O) groups is 2. The lowest BCUT2D eigenvalue weighted by Gasteiger charge is -2.33. The molecule has 5 nitrogen and oxygen atoms in total. The summed E-state index contributed by atoms with van der Waals surface area (Å²) >= 11 is 0. The Labute approximate surface area is 166 Å². The van der Waals surface area contributed by atoms with Crippen LogP contribution >= 0.6 is 0 Å². The quantitative estimate of drug-likeness (QED) is 0.782. The van der Waals surface area contributed by atoms with Crippen molar-refractivity contribution in [3.05, 3.63) is 70.8 Å². The summed E-state index contributed by atoms with van der Waals surface area (Å²) in [5, 5.41) is 2.91. The van der Waals surface area contributed by atoms with Crippen molar-refractivity contribution in [2.24, 2.45) is 0 Å². The van der Waals surface area contributed by atoms with Gasteiger partial charge in [-0.05, 0) is 38.0 Å². The molecule has 2 amide bonds. The van der Waals surface area contributed by atoms with Crippen LogP contribution in [-0.2, 0) is 9.53 Å². The van der Waals surface area contributed by atoms with Gasteiger partial charge in [0.05, 0.1) is 13.2 Å². The molecule has 1 N–H and O–H groups in total. The molecule has 1 aliphatic heterocycles. The monoisotopic (exact) mass is 380 g/mol. The molecule has 2 aromatic carbocycles. The fourth-order valence-corrected chi connectivity index (χ4v) is 3.55. The van der Waals surface area contributed by atoms with Gasteiger partial charge < -0.3 is 15.0 Å². The van der Waals surface area contributed by atoms with Gasteiger partial charge in [-0.3, -0.25) is 9.59 Å². The summed E-state index contributed by atoms with van der Waals surface area (Å²) in [6.07, 6.45) is 0.986. The number of nitrogens with one attached hydrogen (secondary N) is 1. The predicted octanol–water partition coefficient (Wildman–Crippen LogP) is 3.41. The van der Waals surface area contributed by atoms with Crippen molar-refractivity contribution in [1.82, 2.24) is 10.2 Å². The van der Waals surface area contributed by atoms with Gasteiger partial charge in [-0.2, -0.15) is 0 Å². The lowest BCUT2D eigenvalue weighted by molar-refractivity contribution is -0.139. The normalized spacial score (nSPS) is 16.6. The first-order valence-electron chi connectivity index (χ1n) is 9.84. The Morgan fingerprint density at radius 1 is 1.11 bits per heavy atom. The summed E-state index contributed by atoms with van der Waals surface area (Å²) in [6, 6.07) is 15.8. The Bertz CT molecular complexity index is 800. The van der Waals surface area contributed by atoms with Crippen molar-refractivity contribution in [3.63, 3.8) is 0 Å². The van der Waals surface area contributed by atoms with E-state index in [1.165, 1.54) is 0 Å². The maximum Gasteiger partial charge on any atom is 0.251 e. The molecule has 1 fully saturated rings. The van der Waals surface area contributed by atoms with Crippen LogP contribution in [0.25, 0.3) is 0 Å². The molecule has 0 radical (unpaired) electrons. The van der Waals surface area contributed by atoms with Crippen molar-refractivity contribution in [2.45, 2.75) is 32.8 Å². The first-order valence-corrected chi connectivity index (χ1v) is 9.84. The molecule has 2 aromatic rings. The maximum atomic E-state index is 12.5. The molecule has 1 unspecified atom stereocenters. The summed E-state index contributed by atoms with van der Waals surface area (Å²) in [5.41, 5.74) is 3.91. The van der Waals surface area contributed by atoms with Crippen molar-refractivity contribution >= 4 is 11.8 Å². The Kier molecular flexibility index (Phi) is 6.82.